The molecule has 1 amide bonds. The summed E-state index contributed by atoms with van der Waals surface area (Å²) in [5.41, 5.74) is 1.90. The van der Waals surface area contributed by atoms with Crippen LogP contribution in [0, 0.1) is 5.92 Å². The van der Waals surface area contributed by atoms with E-state index < -0.39 is 0 Å². The molecule has 2 heterocycles. The van der Waals surface area contributed by atoms with Crippen molar-refractivity contribution in [2.75, 3.05) is 26.7 Å². The number of methoxy groups -OCH3 is 1. The topological polar surface area (TPSA) is 45.7 Å². The summed E-state index contributed by atoms with van der Waals surface area (Å²) in [6, 6.07) is 11.9. The molecular formula is C21H27N3O2. The molecule has 1 aliphatic rings. The van der Waals surface area contributed by atoms with E-state index in [0.29, 0.717) is 23.3 Å². The maximum Gasteiger partial charge on any atom is 0.257 e. The fraction of sp³-hybridized carbons (Fsp3) is 0.429. The molecule has 0 spiro atoms. The molecule has 0 atom stereocenters. The third-order valence-electron chi connectivity index (χ3n) is 4.74. The van der Waals surface area contributed by atoms with Gasteiger partial charge >= 0.3 is 0 Å². The first-order chi connectivity index (χ1) is 12.6. The minimum Gasteiger partial charge on any atom is -0.496 e. The summed E-state index contributed by atoms with van der Waals surface area (Å²) in [5, 5.41) is 0. The number of aromatic nitrogens is 1. The van der Waals surface area contributed by atoms with Crippen molar-refractivity contribution in [1.82, 2.24) is 14.8 Å². The molecule has 1 aromatic carbocycles. The van der Waals surface area contributed by atoms with Gasteiger partial charge in [0.25, 0.3) is 5.91 Å². The molecule has 5 heteroatoms. The monoisotopic (exact) mass is 353 g/mol. The fourth-order valence-corrected chi connectivity index (χ4v) is 3.38. The lowest BCUT2D eigenvalue weighted by atomic mass is 10.0. The highest BCUT2D eigenvalue weighted by atomic mass is 16.5. The van der Waals surface area contributed by atoms with Crippen LogP contribution in [0.5, 0.6) is 5.75 Å². The molecule has 5 nitrogen and oxygen atoms in total. The Bertz CT molecular complexity index is 727. The van der Waals surface area contributed by atoms with Crippen molar-refractivity contribution in [2.24, 2.45) is 5.92 Å². The Labute approximate surface area is 155 Å². The van der Waals surface area contributed by atoms with Crippen LogP contribution >= 0.6 is 0 Å². The van der Waals surface area contributed by atoms with Gasteiger partial charge in [-0.25, -0.2) is 0 Å². The Balaban J connectivity index is 1.64. The highest BCUT2D eigenvalue weighted by molar-refractivity contribution is 5.97. The Morgan fingerprint density at radius 2 is 1.92 bits per heavy atom. The largest absolute Gasteiger partial charge is 0.496 e. The van der Waals surface area contributed by atoms with Crippen LogP contribution in [0.25, 0.3) is 0 Å². The summed E-state index contributed by atoms with van der Waals surface area (Å²) in [4.78, 5) is 21.3. The zero-order valence-corrected chi connectivity index (χ0v) is 15.8. The fourth-order valence-electron chi connectivity index (χ4n) is 3.38. The van der Waals surface area contributed by atoms with Crippen molar-refractivity contribution in [2.45, 2.75) is 26.4 Å². The first kappa shape index (κ1) is 18.4. The summed E-state index contributed by atoms with van der Waals surface area (Å²) < 4.78 is 5.33. The quantitative estimate of drug-likeness (QED) is 0.767. The molecule has 3 rings (SSSR count). The predicted octanol–water partition coefficient (Wildman–Crippen LogP) is 3.07. The maximum absolute atomic E-state index is 12.8. The van der Waals surface area contributed by atoms with Gasteiger partial charge in [-0.15, -0.1) is 0 Å². The number of pyridine rings is 1. The van der Waals surface area contributed by atoms with Gasteiger partial charge < -0.3 is 9.64 Å². The van der Waals surface area contributed by atoms with E-state index in [2.05, 4.69) is 35.9 Å². The number of likely N-dealkylation sites (tertiary alicyclic amines) is 1. The second kappa shape index (κ2) is 8.32. The van der Waals surface area contributed by atoms with Crippen molar-refractivity contribution < 1.29 is 9.53 Å². The molecule has 1 saturated heterocycles. The number of hydrogen-bond acceptors (Lipinski definition) is 4. The summed E-state index contributed by atoms with van der Waals surface area (Å²) in [6.45, 7) is 7.89. The Morgan fingerprint density at radius 1 is 1.23 bits per heavy atom. The van der Waals surface area contributed by atoms with Crippen molar-refractivity contribution in [3.63, 3.8) is 0 Å². The van der Waals surface area contributed by atoms with Gasteiger partial charge in [0.05, 0.1) is 12.7 Å². The van der Waals surface area contributed by atoms with Gasteiger partial charge in [-0.2, -0.15) is 0 Å². The molecule has 0 unspecified atom stereocenters. The standard InChI is InChI=1S/C21H27N3O2/c1-16(2)12-23(13-17-8-10-22-11-9-17)18-14-24(15-18)21(25)19-6-4-5-7-20(19)26-3/h4-11,16,18H,12-15H2,1-3H3. The number of amides is 1. The van der Waals surface area contributed by atoms with Crippen LogP contribution in [0.3, 0.4) is 0 Å². The lowest BCUT2D eigenvalue weighted by Crippen LogP contribution is -2.61. The molecular weight excluding hydrogens is 326 g/mol. The number of hydrogen-bond donors (Lipinski definition) is 0. The van der Waals surface area contributed by atoms with E-state index in [4.69, 9.17) is 4.74 Å². The second-order valence-corrected chi connectivity index (χ2v) is 7.24. The average Bonchev–Trinajstić information content (AvgIpc) is 2.60. The number of rotatable bonds is 7. The van der Waals surface area contributed by atoms with Crippen molar-refractivity contribution in [1.29, 1.82) is 0 Å². The van der Waals surface area contributed by atoms with Crippen LogP contribution in [-0.4, -0.2) is 53.5 Å². The zero-order valence-electron chi connectivity index (χ0n) is 15.8. The number of nitrogens with zero attached hydrogens (tertiary/aromatic N) is 3. The molecule has 0 radical (unpaired) electrons. The maximum atomic E-state index is 12.8. The molecule has 2 aromatic rings. The van der Waals surface area contributed by atoms with Gasteiger partial charge in [-0.05, 0) is 35.7 Å². The van der Waals surface area contributed by atoms with Crippen LogP contribution in [0.4, 0.5) is 0 Å². The predicted molar refractivity (Wildman–Crippen MR) is 102 cm³/mol. The van der Waals surface area contributed by atoms with E-state index in [-0.39, 0.29) is 5.91 Å². The zero-order chi connectivity index (χ0) is 18.5. The highest BCUT2D eigenvalue weighted by Crippen LogP contribution is 2.25. The summed E-state index contributed by atoms with van der Waals surface area (Å²) in [6.07, 6.45) is 3.67. The smallest absolute Gasteiger partial charge is 0.257 e. The Hall–Kier alpha value is -2.40. The van der Waals surface area contributed by atoms with E-state index in [1.54, 1.807) is 7.11 Å². The number of ether oxygens (including phenoxy) is 1. The van der Waals surface area contributed by atoms with Crippen LogP contribution in [0.1, 0.15) is 29.8 Å². The van der Waals surface area contributed by atoms with Gasteiger partial charge in [0.2, 0.25) is 0 Å². The molecule has 1 aromatic heterocycles. The van der Waals surface area contributed by atoms with Gasteiger partial charge in [-0.3, -0.25) is 14.7 Å². The van der Waals surface area contributed by atoms with Crippen molar-refractivity contribution >= 4 is 5.91 Å². The summed E-state index contributed by atoms with van der Waals surface area (Å²) >= 11 is 0. The van der Waals surface area contributed by atoms with Crippen molar-refractivity contribution in [3.8, 4) is 5.75 Å². The molecule has 0 saturated carbocycles. The third kappa shape index (κ3) is 4.22. The van der Waals surface area contributed by atoms with Gasteiger partial charge in [0.1, 0.15) is 5.75 Å². The Morgan fingerprint density at radius 3 is 2.58 bits per heavy atom. The second-order valence-electron chi connectivity index (χ2n) is 7.24. The molecule has 1 aliphatic heterocycles. The average molecular weight is 353 g/mol. The number of para-hydroxylation sites is 1. The molecule has 26 heavy (non-hydrogen) atoms. The van der Waals surface area contributed by atoms with Crippen LogP contribution in [0.2, 0.25) is 0 Å². The number of benzene rings is 1. The first-order valence-corrected chi connectivity index (χ1v) is 9.13. The van der Waals surface area contributed by atoms with E-state index in [1.165, 1.54) is 5.56 Å². The van der Waals surface area contributed by atoms with Crippen LogP contribution < -0.4 is 4.74 Å². The van der Waals surface area contributed by atoms with Gasteiger partial charge in [0.15, 0.2) is 0 Å². The van der Waals surface area contributed by atoms with Crippen LogP contribution in [-0.2, 0) is 6.54 Å². The van der Waals surface area contributed by atoms with E-state index in [0.717, 1.165) is 26.2 Å². The van der Waals surface area contributed by atoms with E-state index >= 15 is 0 Å². The third-order valence-corrected chi connectivity index (χ3v) is 4.74. The normalized spacial score (nSPS) is 14.6. The molecule has 138 valence electrons. The summed E-state index contributed by atoms with van der Waals surface area (Å²) in [5.74, 6) is 1.26. The Kier molecular flexibility index (Phi) is 5.89. The van der Waals surface area contributed by atoms with Gasteiger partial charge in [0, 0.05) is 44.6 Å². The molecule has 0 bridgehead atoms. The van der Waals surface area contributed by atoms with Gasteiger partial charge in [-0.1, -0.05) is 26.0 Å². The van der Waals surface area contributed by atoms with Crippen molar-refractivity contribution in [3.05, 3.63) is 59.9 Å². The number of carbonyl (C=O) groups excluding carboxylic acids is 1. The van der Waals surface area contributed by atoms with E-state index in [1.807, 2.05) is 41.6 Å². The van der Waals surface area contributed by atoms with E-state index in [9.17, 15) is 4.79 Å². The SMILES string of the molecule is COc1ccccc1C(=O)N1CC(N(Cc2ccncc2)CC(C)C)C1. The first-order valence-electron chi connectivity index (χ1n) is 9.13. The number of carbonyl (C=O) groups is 1. The highest BCUT2D eigenvalue weighted by Gasteiger charge is 2.36. The minimum absolute atomic E-state index is 0.0482. The minimum atomic E-state index is 0.0482. The molecule has 1 fully saturated rings. The molecule has 0 N–H and O–H groups in total. The molecule has 0 aliphatic carbocycles. The lowest BCUT2D eigenvalue weighted by molar-refractivity contribution is 0.0195. The lowest BCUT2D eigenvalue weighted by Gasteiger charge is -2.46. The summed E-state index contributed by atoms with van der Waals surface area (Å²) in [7, 11) is 1.60. The van der Waals surface area contributed by atoms with Crippen LogP contribution in [0.15, 0.2) is 48.8 Å².